The SMILES string of the molecule is O=C(CNc1cccc(C(=O)N2CCOCC2)c1)Nc1cccc(OCCc2ccccc2)c1. The number of rotatable bonds is 9. The topological polar surface area (TPSA) is 79.9 Å². The number of hydrogen-bond donors (Lipinski definition) is 2. The molecule has 1 heterocycles. The molecule has 0 spiro atoms. The summed E-state index contributed by atoms with van der Waals surface area (Å²) in [5.74, 6) is 0.489. The number of nitrogens with zero attached hydrogens (tertiary/aromatic N) is 1. The van der Waals surface area contributed by atoms with E-state index in [1.165, 1.54) is 5.56 Å². The largest absolute Gasteiger partial charge is 0.493 e. The maximum absolute atomic E-state index is 12.7. The van der Waals surface area contributed by atoms with Crippen molar-refractivity contribution in [1.82, 2.24) is 4.90 Å². The number of carbonyl (C=O) groups is 2. The van der Waals surface area contributed by atoms with Gasteiger partial charge in [-0.3, -0.25) is 9.59 Å². The Morgan fingerprint density at radius 1 is 0.882 bits per heavy atom. The molecule has 0 radical (unpaired) electrons. The van der Waals surface area contributed by atoms with Crippen molar-refractivity contribution < 1.29 is 19.1 Å². The zero-order chi connectivity index (χ0) is 23.6. The highest BCUT2D eigenvalue weighted by Gasteiger charge is 2.18. The van der Waals surface area contributed by atoms with Gasteiger partial charge in [-0.1, -0.05) is 42.5 Å². The zero-order valence-corrected chi connectivity index (χ0v) is 19.0. The monoisotopic (exact) mass is 459 g/mol. The number of ether oxygens (including phenoxy) is 2. The maximum Gasteiger partial charge on any atom is 0.254 e. The van der Waals surface area contributed by atoms with E-state index in [1.807, 2.05) is 54.6 Å². The molecule has 3 aromatic rings. The van der Waals surface area contributed by atoms with Gasteiger partial charge in [-0.2, -0.15) is 0 Å². The van der Waals surface area contributed by atoms with Crippen LogP contribution in [-0.2, 0) is 16.0 Å². The van der Waals surface area contributed by atoms with Gasteiger partial charge in [0.15, 0.2) is 0 Å². The zero-order valence-electron chi connectivity index (χ0n) is 19.0. The number of benzene rings is 3. The minimum atomic E-state index is -0.189. The van der Waals surface area contributed by atoms with Gasteiger partial charge in [0, 0.05) is 42.5 Å². The lowest BCUT2D eigenvalue weighted by molar-refractivity contribution is -0.114. The first-order valence-electron chi connectivity index (χ1n) is 11.4. The normalized spacial score (nSPS) is 13.2. The summed E-state index contributed by atoms with van der Waals surface area (Å²) in [6, 6.07) is 24.7. The van der Waals surface area contributed by atoms with Crippen LogP contribution in [0.15, 0.2) is 78.9 Å². The molecule has 34 heavy (non-hydrogen) atoms. The molecule has 3 aromatic carbocycles. The van der Waals surface area contributed by atoms with Crippen molar-refractivity contribution >= 4 is 23.2 Å². The standard InChI is InChI=1S/C27H29N3O4/c31-26(20-28-23-9-4-8-22(18-23)27(32)30-13-16-33-17-14-30)29-24-10-5-11-25(19-24)34-15-12-21-6-2-1-3-7-21/h1-11,18-19,28H,12-17,20H2,(H,29,31). The fourth-order valence-corrected chi connectivity index (χ4v) is 3.69. The Balaban J connectivity index is 1.25. The molecule has 7 nitrogen and oxygen atoms in total. The van der Waals surface area contributed by atoms with Gasteiger partial charge in [0.1, 0.15) is 5.75 Å². The average Bonchev–Trinajstić information content (AvgIpc) is 2.89. The van der Waals surface area contributed by atoms with Gasteiger partial charge in [-0.15, -0.1) is 0 Å². The van der Waals surface area contributed by atoms with E-state index < -0.39 is 0 Å². The first-order chi connectivity index (χ1) is 16.7. The molecule has 4 rings (SSSR count). The molecule has 0 bridgehead atoms. The number of amides is 2. The number of anilines is 2. The lowest BCUT2D eigenvalue weighted by atomic mass is 10.1. The molecular formula is C27H29N3O4. The third kappa shape index (κ3) is 6.83. The van der Waals surface area contributed by atoms with E-state index in [0.29, 0.717) is 55.6 Å². The quantitative estimate of drug-likeness (QED) is 0.508. The van der Waals surface area contributed by atoms with Crippen LogP contribution in [0, 0.1) is 0 Å². The molecule has 7 heteroatoms. The summed E-state index contributed by atoms with van der Waals surface area (Å²) >= 11 is 0. The van der Waals surface area contributed by atoms with E-state index in [4.69, 9.17) is 9.47 Å². The summed E-state index contributed by atoms with van der Waals surface area (Å²) in [6.07, 6.45) is 0.814. The molecule has 176 valence electrons. The first kappa shape index (κ1) is 23.3. The molecule has 0 saturated carbocycles. The van der Waals surface area contributed by atoms with E-state index in [-0.39, 0.29) is 18.4 Å². The smallest absolute Gasteiger partial charge is 0.254 e. The molecule has 0 atom stereocenters. The average molecular weight is 460 g/mol. The third-order valence-electron chi connectivity index (χ3n) is 5.48. The van der Waals surface area contributed by atoms with Gasteiger partial charge in [0.05, 0.1) is 26.4 Å². The Kier molecular flexibility index (Phi) is 8.13. The van der Waals surface area contributed by atoms with Gasteiger partial charge in [-0.25, -0.2) is 0 Å². The molecule has 0 aliphatic carbocycles. The van der Waals surface area contributed by atoms with Crippen molar-refractivity contribution in [2.24, 2.45) is 0 Å². The van der Waals surface area contributed by atoms with E-state index in [0.717, 1.165) is 6.42 Å². The maximum atomic E-state index is 12.7. The van der Waals surface area contributed by atoms with E-state index >= 15 is 0 Å². The van der Waals surface area contributed by atoms with Crippen molar-refractivity contribution in [2.75, 3.05) is 50.1 Å². The van der Waals surface area contributed by atoms with Crippen LogP contribution in [0.1, 0.15) is 15.9 Å². The summed E-state index contributed by atoms with van der Waals surface area (Å²) in [5, 5.41) is 5.97. The molecule has 0 aromatic heterocycles. The van der Waals surface area contributed by atoms with Crippen molar-refractivity contribution in [1.29, 1.82) is 0 Å². The Bertz CT molecular complexity index is 1100. The molecule has 1 fully saturated rings. The van der Waals surface area contributed by atoms with Crippen LogP contribution in [0.4, 0.5) is 11.4 Å². The Morgan fingerprint density at radius 2 is 1.65 bits per heavy atom. The van der Waals surface area contributed by atoms with Crippen molar-refractivity contribution in [3.05, 3.63) is 90.0 Å². The highest BCUT2D eigenvalue weighted by atomic mass is 16.5. The second-order valence-corrected chi connectivity index (χ2v) is 8.00. The first-order valence-corrected chi connectivity index (χ1v) is 11.4. The number of nitrogens with one attached hydrogen (secondary N) is 2. The Hall–Kier alpha value is -3.84. The van der Waals surface area contributed by atoms with Gasteiger partial charge in [0.25, 0.3) is 5.91 Å². The lowest BCUT2D eigenvalue weighted by Crippen LogP contribution is -2.40. The van der Waals surface area contributed by atoms with Crippen LogP contribution >= 0.6 is 0 Å². The highest BCUT2D eigenvalue weighted by Crippen LogP contribution is 2.18. The molecule has 1 saturated heterocycles. The third-order valence-corrected chi connectivity index (χ3v) is 5.48. The van der Waals surface area contributed by atoms with Crippen molar-refractivity contribution in [3.63, 3.8) is 0 Å². The summed E-state index contributed by atoms with van der Waals surface area (Å²) < 4.78 is 11.1. The van der Waals surface area contributed by atoms with E-state index in [9.17, 15) is 9.59 Å². The number of carbonyl (C=O) groups excluding carboxylic acids is 2. The molecule has 2 amide bonds. The molecule has 2 N–H and O–H groups in total. The van der Waals surface area contributed by atoms with Crippen LogP contribution in [0.5, 0.6) is 5.75 Å². The predicted molar refractivity (Wildman–Crippen MR) is 132 cm³/mol. The fraction of sp³-hybridized carbons (Fsp3) is 0.259. The summed E-state index contributed by atoms with van der Waals surface area (Å²) in [4.78, 5) is 26.9. The minimum Gasteiger partial charge on any atom is -0.493 e. The van der Waals surface area contributed by atoms with Gasteiger partial charge < -0.3 is 25.0 Å². The number of hydrogen-bond acceptors (Lipinski definition) is 5. The molecular weight excluding hydrogens is 430 g/mol. The van der Waals surface area contributed by atoms with Crippen LogP contribution in [0.3, 0.4) is 0 Å². The fourth-order valence-electron chi connectivity index (χ4n) is 3.69. The van der Waals surface area contributed by atoms with Crippen molar-refractivity contribution in [2.45, 2.75) is 6.42 Å². The predicted octanol–water partition coefficient (Wildman–Crippen LogP) is 3.83. The molecule has 1 aliphatic rings. The minimum absolute atomic E-state index is 0.0273. The highest BCUT2D eigenvalue weighted by molar-refractivity contribution is 5.96. The van der Waals surface area contributed by atoms with Gasteiger partial charge in [0.2, 0.25) is 5.91 Å². The van der Waals surface area contributed by atoms with Crippen LogP contribution in [-0.4, -0.2) is 56.2 Å². The van der Waals surface area contributed by atoms with Crippen LogP contribution in [0.2, 0.25) is 0 Å². The summed E-state index contributed by atoms with van der Waals surface area (Å²) in [6.45, 7) is 2.94. The lowest BCUT2D eigenvalue weighted by Gasteiger charge is -2.27. The van der Waals surface area contributed by atoms with E-state index in [1.54, 1.807) is 17.0 Å². The summed E-state index contributed by atoms with van der Waals surface area (Å²) in [5.41, 5.74) is 3.19. The van der Waals surface area contributed by atoms with Crippen molar-refractivity contribution in [3.8, 4) is 5.75 Å². The van der Waals surface area contributed by atoms with E-state index in [2.05, 4.69) is 22.8 Å². The van der Waals surface area contributed by atoms with Crippen LogP contribution < -0.4 is 15.4 Å². The summed E-state index contributed by atoms with van der Waals surface area (Å²) in [7, 11) is 0. The molecule has 0 unspecified atom stereocenters. The second kappa shape index (κ2) is 11.9. The Labute approximate surface area is 199 Å². The Morgan fingerprint density at radius 3 is 2.47 bits per heavy atom. The van der Waals surface area contributed by atoms with Gasteiger partial charge in [-0.05, 0) is 35.9 Å². The van der Waals surface area contributed by atoms with Crippen LogP contribution in [0.25, 0.3) is 0 Å². The molecule has 1 aliphatic heterocycles. The second-order valence-electron chi connectivity index (χ2n) is 8.00. The van der Waals surface area contributed by atoms with Gasteiger partial charge >= 0.3 is 0 Å². The number of morpholine rings is 1.